The van der Waals surface area contributed by atoms with Crippen molar-refractivity contribution in [1.82, 2.24) is 4.98 Å². The number of nitrogens with one attached hydrogen (secondary N) is 1. The highest BCUT2D eigenvalue weighted by molar-refractivity contribution is 9.10. The van der Waals surface area contributed by atoms with Crippen LogP contribution in [0.1, 0.15) is 12.0 Å². The van der Waals surface area contributed by atoms with Crippen LogP contribution in [-0.4, -0.2) is 37.5 Å². The molecular weight excluding hydrogens is 284 g/mol. The molecule has 1 N–H and O–H groups in total. The summed E-state index contributed by atoms with van der Waals surface area (Å²) in [6.07, 6.45) is 2.73. The van der Waals surface area contributed by atoms with Crippen molar-refractivity contribution in [2.75, 3.05) is 32.2 Å². The first-order chi connectivity index (χ1) is 8.15. The second-order valence-corrected chi connectivity index (χ2v) is 5.22. The Morgan fingerprint density at radius 1 is 1.65 bits per heavy atom. The maximum Gasteiger partial charge on any atom is 0.126 e. The van der Waals surface area contributed by atoms with E-state index in [4.69, 9.17) is 9.47 Å². The summed E-state index contributed by atoms with van der Waals surface area (Å²) in [6.45, 7) is 4.17. The molecule has 0 aliphatic carbocycles. The summed E-state index contributed by atoms with van der Waals surface area (Å²) >= 11 is 3.44. The van der Waals surface area contributed by atoms with Crippen LogP contribution in [-0.2, 0) is 9.47 Å². The quantitative estimate of drug-likeness (QED) is 0.927. The number of hydrogen-bond acceptors (Lipinski definition) is 4. The lowest BCUT2D eigenvalue weighted by atomic mass is 10.0. The van der Waals surface area contributed by atoms with E-state index in [2.05, 4.69) is 26.2 Å². The minimum Gasteiger partial charge on any atom is -0.378 e. The van der Waals surface area contributed by atoms with E-state index in [1.54, 1.807) is 7.11 Å². The van der Waals surface area contributed by atoms with Gasteiger partial charge in [0.15, 0.2) is 0 Å². The number of hydrogen-bond donors (Lipinski definition) is 1. The molecule has 1 atom stereocenters. The van der Waals surface area contributed by atoms with Crippen LogP contribution in [0.25, 0.3) is 0 Å². The maximum atomic E-state index is 5.55. The molecule has 0 aromatic carbocycles. The van der Waals surface area contributed by atoms with E-state index < -0.39 is 0 Å². The standard InChI is InChI=1S/C12H17BrN2O2/c1-9-5-11(14-6-10(9)13)15-7-12(16-2)3-4-17-8-12/h5-6H,3-4,7-8H2,1-2H3,(H,14,15). The van der Waals surface area contributed by atoms with Gasteiger partial charge in [0.1, 0.15) is 11.4 Å². The van der Waals surface area contributed by atoms with E-state index in [9.17, 15) is 0 Å². The third kappa shape index (κ3) is 2.97. The molecule has 1 unspecified atom stereocenters. The monoisotopic (exact) mass is 300 g/mol. The first kappa shape index (κ1) is 12.8. The number of rotatable bonds is 4. The molecule has 4 nitrogen and oxygen atoms in total. The van der Waals surface area contributed by atoms with E-state index >= 15 is 0 Å². The summed E-state index contributed by atoms with van der Waals surface area (Å²) in [6, 6.07) is 2.02. The van der Waals surface area contributed by atoms with Gasteiger partial charge in [-0.2, -0.15) is 0 Å². The molecular formula is C12H17BrN2O2. The number of ether oxygens (including phenoxy) is 2. The number of anilines is 1. The van der Waals surface area contributed by atoms with Crippen molar-refractivity contribution in [1.29, 1.82) is 0 Å². The largest absolute Gasteiger partial charge is 0.378 e. The Bertz CT molecular complexity index is 392. The molecule has 17 heavy (non-hydrogen) atoms. The smallest absolute Gasteiger partial charge is 0.126 e. The van der Waals surface area contributed by atoms with Gasteiger partial charge in [-0.1, -0.05) is 0 Å². The van der Waals surface area contributed by atoms with Gasteiger partial charge in [-0.3, -0.25) is 0 Å². The number of nitrogens with zero attached hydrogens (tertiary/aromatic N) is 1. The molecule has 1 aromatic rings. The average molecular weight is 301 g/mol. The van der Waals surface area contributed by atoms with Crippen molar-refractivity contribution in [3.8, 4) is 0 Å². The molecule has 0 spiro atoms. The highest BCUT2D eigenvalue weighted by Crippen LogP contribution is 2.23. The SMILES string of the molecule is COC1(CNc2cc(C)c(Br)cn2)CCOC1. The van der Waals surface area contributed by atoms with Gasteiger partial charge >= 0.3 is 0 Å². The molecule has 2 rings (SSSR count). The lowest BCUT2D eigenvalue weighted by Gasteiger charge is -2.26. The van der Waals surface area contributed by atoms with Crippen LogP contribution in [0.3, 0.4) is 0 Å². The molecule has 94 valence electrons. The molecule has 0 saturated carbocycles. The Kier molecular flexibility index (Phi) is 4.01. The molecule has 0 bridgehead atoms. The van der Waals surface area contributed by atoms with Crippen molar-refractivity contribution in [2.24, 2.45) is 0 Å². The normalized spacial score (nSPS) is 23.9. The van der Waals surface area contributed by atoms with E-state index in [0.717, 1.165) is 35.4 Å². The number of pyridine rings is 1. The zero-order chi connectivity index (χ0) is 12.3. The van der Waals surface area contributed by atoms with E-state index in [0.29, 0.717) is 6.61 Å². The van der Waals surface area contributed by atoms with E-state index in [1.807, 2.05) is 19.2 Å². The Hall–Kier alpha value is -0.650. The fourth-order valence-electron chi connectivity index (χ4n) is 1.85. The molecule has 0 amide bonds. The number of aromatic nitrogens is 1. The molecule has 1 fully saturated rings. The Labute approximate surface area is 110 Å². The van der Waals surface area contributed by atoms with Gasteiger partial charge in [0.2, 0.25) is 0 Å². The van der Waals surface area contributed by atoms with Crippen LogP contribution in [0, 0.1) is 6.92 Å². The minimum atomic E-state index is -0.206. The fourth-order valence-corrected chi connectivity index (χ4v) is 2.07. The van der Waals surface area contributed by atoms with Crippen LogP contribution in [0.2, 0.25) is 0 Å². The van der Waals surface area contributed by atoms with Gasteiger partial charge in [0, 0.05) is 37.4 Å². The summed E-state index contributed by atoms with van der Waals surface area (Å²) in [4.78, 5) is 4.31. The Balaban J connectivity index is 1.99. The molecule has 1 aromatic heterocycles. The van der Waals surface area contributed by atoms with Crippen LogP contribution in [0.15, 0.2) is 16.7 Å². The summed E-state index contributed by atoms with van der Waals surface area (Å²) < 4.78 is 12.0. The predicted octanol–water partition coefficient (Wildman–Crippen LogP) is 2.37. The summed E-state index contributed by atoms with van der Waals surface area (Å²) in [5.41, 5.74) is 0.958. The highest BCUT2D eigenvalue weighted by atomic mass is 79.9. The molecule has 0 radical (unpaired) electrons. The molecule has 1 aliphatic rings. The topological polar surface area (TPSA) is 43.4 Å². The lowest BCUT2D eigenvalue weighted by molar-refractivity contribution is -0.00625. The first-order valence-electron chi connectivity index (χ1n) is 5.64. The van der Waals surface area contributed by atoms with Crippen LogP contribution in [0.4, 0.5) is 5.82 Å². The lowest BCUT2D eigenvalue weighted by Crippen LogP contribution is -2.39. The summed E-state index contributed by atoms with van der Waals surface area (Å²) in [5.74, 6) is 0.869. The number of aryl methyl sites for hydroxylation is 1. The molecule has 1 aliphatic heterocycles. The second-order valence-electron chi connectivity index (χ2n) is 4.36. The van der Waals surface area contributed by atoms with Crippen LogP contribution >= 0.6 is 15.9 Å². The number of halogens is 1. The third-order valence-electron chi connectivity index (χ3n) is 3.14. The van der Waals surface area contributed by atoms with Crippen molar-refractivity contribution < 1.29 is 9.47 Å². The average Bonchev–Trinajstić information content (AvgIpc) is 2.80. The zero-order valence-corrected chi connectivity index (χ0v) is 11.7. The fraction of sp³-hybridized carbons (Fsp3) is 0.583. The number of methoxy groups -OCH3 is 1. The van der Waals surface area contributed by atoms with Gasteiger partial charge < -0.3 is 14.8 Å². The van der Waals surface area contributed by atoms with Crippen LogP contribution in [0.5, 0.6) is 0 Å². The van der Waals surface area contributed by atoms with Gasteiger partial charge in [-0.05, 0) is 34.5 Å². The minimum absolute atomic E-state index is 0.206. The van der Waals surface area contributed by atoms with Crippen molar-refractivity contribution in [3.63, 3.8) is 0 Å². The van der Waals surface area contributed by atoms with E-state index in [1.165, 1.54) is 0 Å². The first-order valence-corrected chi connectivity index (χ1v) is 6.43. The van der Waals surface area contributed by atoms with Crippen molar-refractivity contribution in [2.45, 2.75) is 18.9 Å². The molecule has 5 heteroatoms. The molecule has 1 saturated heterocycles. The van der Waals surface area contributed by atoms with Crippen molar-refractivity contribution >= 4 is 21.7 Å². The van der Waals surface area contributed by atoms with Gasteiger partial charge in [0.05, 0.1) is 6.61 Å². The van der Waals surface area contributed by atoms with Gasteiger partial charge in [-0.25, -0.2) is 4.98 Å². The Morgan fingerprint density at radius 3 is 3.06 bits per heavy atom. The Morgan fingerprint density at radius 2 is 2.47 bits per heavy atom. The highest BCUT2D eigenvalue weighted by Gasteiger charge is 2.34. The third-order valence-corrected chi connectivity index (χ3v) is 3.97. The predicted molar refractivity (Wildman–Crippen MR) is 70.3 cm³/mol. The maximum absolute atomic E-state index is 5.55. The zero-order valence-electron chi connectivity index (χ0n) is 10.1. The van der Waals surface area contributed by atoms with Crippen LogP contribution < -0.4 is 5.32 Å². The summed E-state index contributed by atoms with van der Waals surface area (Å²) in [7, 11) is 1.73. The van der Waals surface area contributed by atoms with Gasteiger partial charge in [0.25, 0.3) is 0 Å². The van der Waals surface area contributed by atoms with E-state index in [-0.39, 0.29) is 5.60 Å². The molecule has 2 heterocycles. The van der Waals surface area contributed by atoms with Crippen molar-refractivity contribution in [3.05, 3.63) is 22.3 Å². The second kappa shape index (κ2) is 5.33. The summed E-state index contributed by atoms with van der Waals surface area (Å²) in [5, 5.41) is 3.31. The van der Waals surface area contributed by atoms with Gasteiger partial charge in [-0.15, -0.1) is 0 Å².